The van der Waals surface area contributed by atoms with Gasteiger partial charge < -0.3 is 31.1 Å². The molecule has 5 unspecified atom stereocenters. The smallest absolute Gasteiger partial charge is 0.0836 e. The Balaban J connectivity index is 1.20. The molecule has 0 amide bonds. The summed E-state index contributed by atoms with van der Waals surface area (Å²) in [5.74, 6) is 9.99. The van der Waals surface area contributed by atoms with Crippen molar-refractivity contribution in [2.45, 2.75) is 166 Å². The molecule has 0 radical (unpaired) electrons. The highest BCUT2D eigenvalue weighted by Gasteiger charge is 2.32. The van der Waals surface area contributed by atoms with Crippen molar-refractivity contribution in [3.05, 3.63) is 0 Å². The van der Waals surface area contributed by atoms with Crippen molar-refractivity contribution < 1.29 is 20.1 Å². The number of piperidine rings is 1. The summed E-state index contributed by atoms with van der Waals surface area (Å²) < 4.78 is 6.20. The zero-order valence-corrected chi connectivity index (χ0v) is 26.7. The first-order valence-electron chi connectivity index (χ1n) is 18.0. The highest BCUT2D eigenvalue weighted by atomic mass is 16.5. The van der Waals surface area contributed by atoms with Crippen molar-refractivity contribution >= 4 is 0 Å². The fourth-order valence-corrected chi connectivity index (χ4v) is 8.54. The van der Waals surface area contributed by atoms with E-state index >= 15 is 0 Å². The molecule has 0 spiro atoms. The van der Waals surface area contributed by atoms with Gasteiger partial charge in [0.2, 0.25) is 0 Å². The topological polar surface area (TPSA) is 108 Å². The Kier molecular flexibility index (Phi) is 14.9. The summed E-state index contributed by atoms with van der Waals surface area (Å²) in [6.07, 6.45) is 20.2. The van der Waals surface area contributed by atoms with Crippen LogP contribution in [0.5, 0.6) is 0 Å². The van der Waals surface area contributed by atoms with E-state index in [1.807, 2.05) is 0 Å². The van der Waals surface area contributed by atoms with Crippen LogP contribution in [0.2, 0.25) is 0 Å². The molecule has 6 heteroatoms. The van der Waals surface area contributed by atoms with Crippen LogP contribution in [0.15, 0.2) is 0 Å². The van der Waals surface area contributed by atoms with E-state index in [0.29, 0.717) is 43.1 Å². The fourth-order valence-electron chi connectivity index (χ4n) is 8.54. The fraction of sp³-hybridized carbons (Fsp3) is 0.944. The lowest BCUT2D eigenvalue weighted by atomic mass is 9.77. The Bertz CT molecular complexity index is 808. The van der Waals surface area contributed by atoms with Crippen LogP contribution in [0.25, 0.3) is 0 Å². The van der Waals surface area contributed by atoms with Gasteiger partial charge in [-0.2, -0.15) is 0 Å². The highest BCUT2D eigenvalue weighted by Crippen LogP contribution is 2.35. The molecule has 4 aliphatic rings. The summed E-state index contributed by atoms with van der Waals surface area (Å²) in [5, 5.41) is 36.2. The van der Waals surface area contributed by atoms with E-state index in [2.05, 4.69) is 24.1 Å². The van der Waals surface area contributed by atoms with E-state index in [9.17, 15) is 15.3 Å². The van der Waals surface area contributed by atoms with Crippen LogP contribution in [-0.2, 0) is 4.74 Å². The third-order valence-corrected chi connectivity index (χ3v) is 11.4. The number of nitrogens with two attached hydrogens (primary N) is 1. The quantitative estimate of drug-likeness (QED) is 0.143. The molecule has 0 bridgehead atoms. The van der Waals surface area contributed by atoms with Crippen molar-refractivity contribution in [3.8, 4) is 11.8 Å². The summed E-state index contributed by atoms with van der Waals surface area (Å²) >= 11 is 0. The molecular formula is C36H64N2O4. The molecule has 0 aromatic rings. The molecule has 0 aromatic heterocycles. The lowest BCUT2D eigenvalue weighted by Crippen LogP contribution is -2.44. The van der Waals surface area contributed by atoms with Crippen LogP contribution in [0.3, 0.4) is 0 Å². The second-order valence-electron chi connectivity index (χ2n) is 14.8. The first-order valence-corrected chi connectivity index (χ1v) is 18.0. The first kappa shape index (κ1) is 34.2. The Labute approximate surface area is 257 Å². The van der Waals surface area contributed by atoms with Gasteiger partial charge in [-0.15, -0.1) is 5.92 Å². The van der Waals surface area contributed by atoms with E-state index in [1.54, 1.807) is 0 Å². The molecule has 10 atom stereocenters. The SMILES string of the molecule is C[C@H](CC1CCCCC1)[C@H]1C#CC[C@H]([C@H](O)CCC2CCC(O)C(OCCCC3CCNC(N)C3)C2)[C@@H](O)CCCC1. The third-order valence-electron chi connectivity index (χ3n) is 11.4. The number of hydrogen-bond donors (Lipinski definition) is 5. The number of rotatable bonds is 12. The Morgan fingerprint density at radius 2 is 1.62 bits per heavy atom. The summed E-state index contributed by atoms with van der Waals surface area (Å²) in [5.41, 5.74) is 6.04. The van der Waals surface area contributed by atoms with Crippen molar-refractivity contribution in [2.75, 3.05) is 13.2 Å². The average molecular weight is 589 g/mol. The molecule has 6 nitrogen and oxygen atoms in total. The van der Waals surface area contributed by atoms with E-state index in [-0.39, 0.29) is 24.3 Å². The molecule has 3 fully saturated rings. The van der Waals surface area contributed by atoms with Crippen LogP contribution >= 0.6 is 0 Å². The maximum atomic E-state index is 11.3. The van der Waals surface area contributed by atoms with Gasteiger partial charge >= 0.3 is 0 Å². The van der Waals surface area contributed by atoms with Crippen LogP contribution < -0.4 is 11.1 Å². The van der Waals surface area contributed by atoms with E-state index < -0.39 is 12.2 Å². The molecule has 242 valence electrons. The Hall–Kier alpha value is -0.680. The minimum atomic E-state index is -0.533. The minimum Gasteiger partial charge on any atom is -0.393 e. The Morgan fingerprint density at radius 3 is 2.43 bits per heavy atom. The number of aliphatic hydroxyl groups is 3. The number of ether oxygens (including phenoxy) is 1. The second-order valence-corrected chi connectivity index (χ2v) is 14.8. The maximum Gasteiger partial charge on any atom is 0.0836 e. The summed E-state index contributed by atoms with van der Waals surface area (Å²) in [4.78, 5) is 0. The molecule has 1 aliphatic heterocycles. The minimum absolute atomic E-state index is 0.103. The van der Waals surface area contributed by atoms with Gasteiger partial charge in [0.25, 0.3) is 0 Å². The molecule has 42 heavy (non-hydrogen) atoms. The zero-order valence-electron chi connectivity index (χ0n) is 26.7. The predicted octanol–water partition coefficient (Wildman–Crippen LogP) is 5.91. The summed E-state index contributed by atoms with van der Waals surface area (Å²) in [7, 11) is 0. The van der Waals surface area contributed by atoms with E-state index in [4.69, 9.17) is 10.5 Å². The van der Waals surface area contributed by atoms with Gasteiger partial charge in [0.1, 0.15) is 0 Å². The van der Waals surface area contributed by atoms with Gasteiger partial charge in [-0.1, -0.05) is 57.8 Å². The van der Waals surface area contributed by atoms with Crippen LogP contribution in [0, 0.1) is 47.3 Å². The van der Waals surface area contributed by atoms with Crippen molar-refractivity contribution in [1.29, 1.82) is 0 Å². The lowest BCUT2D eigenvalue weighted by Gasteiger charge is -2.34. The standard InChI is InChI=1S/C36H64N2O4/c1-26(23-27-9-3-2-4-10-27)30-12-5-6-15-32(39)31(14-7-13-30)33(40)18-16-29-17-19-34(41)35(24-29)42-22-8-11-28-20-21-38-36(37)25-28/h26-36,38-41H,2-6,8-12,14-25,37H2,1H3/t26-,28?,29?,30-,31+,32+,33-,34?,35?,36?/m1/s1. The molecule has 1 heterocycles. The number of hydrogen-bond acceptors (Lipinski definition) is 6. The Morgan fingerprint density at radius 1 is 0.857 bits per heavy atom. The zero-order chi connectivity index (χ0) is 29.7. The molecule has 4 rings (SSSR count). The molecule has 2 saturated carbocycles. The van der Waals surface area contributed by atoms with Crippen LogP contribution in [0.4, 0.5) is 0 Å². The van der Waals surface area contributed by atoms with Crippen LogP contribution in [0.1, 0.15) is 135 Å². The predicted molar refractivity (Wildman–Crippen MR) is 170 cm³/mol. The summed E-state index contributed by atoms with van der Waals surface area (Å²) in [6.45, 7) is 4.11. The van der Waals surface area contributed by atoms with Crippen molar-refractivity contribution in [1.82, 2.24) is 5.32 Å². The van der Waals surface area contributed by atoms with Gasteiger partial charge in [-0.05, 0) is 107 Å². The number of aliphatic hydroxyl groups excluding tert-OH is 3. The van der Waals surface area contributed by atoms with Gasteiger partial charge in [0.05, 0.1) is 30.6 Å². The van der Waals surface area contributed by atoms with Crippen LogP contribution in [-0.4, -0.2) is 59.1 Å². The average Bonchev–Trinajstić information content (AvgIpc) is 2.99. The van der Waals surface area contributed by atoms with Gasteiger partial charge in [0.15, 0.2) is 0 Å². The molecule has 3 aliphatic carbocycles. The third kappa shape index (κ3) is 11.4. The largest absolute Gasteiger partial charge is 0.393 e. The van der Waals surface area contributed by atoms with Gasteiger partial charge in [-0.3, -0.25) is 0 Å². The van der Waals surface area contributed by atoms with Crippen molar-refractivity contribution in [2.24, 2.45) is 41.2 Å². The highest BCUT2D eigenvalue weighted by molar-refractivity contribution is 5.07. The first-order chi connectivity index (χ1) is 20.4. The lowest BCUT2D eigenvalue weighted by molar-refractivity contribution is -0.0755. The normalized spacial score (nSPS) is 36.9. The van der Waals surface area contributed by atoms with E-state index in [0.717, 1.165) is 83.1 Å². The maximum absolute atomic E-state index is 11.3. The van der Waals surface area contributed by atoms with Gasteiger partial charge in [0, 0.05) is 24.9 Å². The molecule has 0 aromatic carbocycles. The molecule has 6 N–H and O–H groups in total. The molecular weight excluding hydrogens is 524 g/mol. The second kappa shape index (κ2) is 18.3. The van der Waals surface area contributed by atoms with E-state index in [1.165, 1.54) is 44.9 Å². The summed E-state index contributed by atoms with van der Waals surface area (Å²) in [6, 6.07) is 0. The number of nitrogens with one attached hydrogen (secondary N) is 1. The van der Waals surface area contributed by atoms with Crippen molar-refractivity contribution in [3.63, 3.8) is 0 Å². The van der Waals surface area contributed by atoms with Gasteiger partial charge in [-0.25, -0.2) is 0 Å². The molecule has 1 saturated heterocycles. The monoisotopic (exact) mass is 588 g/mol.